The Bertz CT molecular complexity index is 235. The van der Waals surface area contributed by atoms with E-state index in [1.807, 2.05) is 19.2 Å². The smallest absolute Gasteiger partial charge is 0.0589 e. The fourth-order valence-corrected chi connectivity index (χ4v) is 1.05. The maximum absolute atomic E-state index is 5.70. The predicted octanol–water partition coefficient (Wildman–Crippen LogP) is 1.04. The van der Waals surface area contributed by atoms with E-state index in [1.54, 1.807) is 6.20 Å². The molecule has 1 aromatic heterocycles. The van der Waals surface area contributed by atoms with Crippen molar-refractivity contribution < 1.29 is 0 Å². The Hall–Kier alpha value is -0.640. The summed E-state index contributed by atoms with van der Waals surface area (Å²) >= 11 is 5.70. The Labute approximate surface area is 83.5 Å². The van der Waals surface area contributed by atoms with Gasteiger partial charge < -0.3 is 10.6 Å². The molecular formula is C9H14ClN3. The van der Waals surface area contributed by atoms with E-state index >= 15 is 0 Å². The summed E-state index contributed by atoms with van der Waals surface area (Å²) in [6, 6.07) is 3.78. The molecule has 3 nitrogen and oxygen atoms in total. The summed E-state index contributed by atoms with van der Waals surface area (Å²) in [5.74, 6) is 0. The average Bonchev–Trinajstić information content (AvgIpc) is 2.15. The highest BCUT2D eigenvalue weighted by Gasteiger charge is 1.93. The number of hydrogen-bond donors (Lipinski definition) is 2. The van der Waals surface area contributed by atoms with E-state index < -0.39 is 0 Å². The fourth-order valence-electron chi connectivity index (χ4n) is 0.941. The molecule has 1 heterocycles. The number of likely N-dealkylation sites (N-methyl/N-ethyl adjacent to an activating group) is 1. The molecule has 13 heavy (non-hydrogen) atoms. The first-order valence-electron chi connectivity index (χ1n) is 4.28. The van der Waals surface area contributed by atoms with Gasteiger partial charge in [-0.2, -0.15) is 0 Å². The lowest BCUT2D eigenvalue weighted by Gasteiger charge is -2.03. The van der Waals surface area contributed by atoms with Crippen molar-refractivity contribution in [3.63, 3.8) is 0 Å². The normalized spacial score (nSPS) is 10.3. The Morgan fingerprint density at radius 3 is 2.85 bits per heavy atom. The van der Waals surface area contributed by atoms with Crippen LogP contribution in [0, 0.1) is 0 Å². The molecule has 0 aromatic carbocycles. The van der Waals surface area contributed by atoms with Crippen LogP contribution in [-0.4, -0.2) is 25.1 Å². The molecule has 0 aliphatic heterocycles. The number of nitrogens with zero attached hydrogens (tertiary/aromatic N) is 1. The molecule has 0 amide bonds. The second kappa shape index (κ2) is 5.91. The second-order valence-electron chi connectivity index (χ2n) is 2.75. The van der Waals surface area contributed by atoms with Crippen LogP contribution < -0.4 is 10.6 Å². The summed E-state index contributed by atoms with van der Waals surface area (Å²) < 4.78 is 0. The van der Waals surface area contributed by atoms with Crippen LogP contribution in [0.4, 0.5) is 0 Å². The molecule has 1 rings (SSSR count). The largest absolute Gasteiger partial charge is 0.318 e. The van der Waals surface area contributed by atoms with Gasteiger partial charge in [0.05, 0.1) is 10.7 Å². The molecule has 0 atom stereocenters. The molecule has 0 spiro atoms. The van der Waals surface area contributed by atoms with Crippen LogP contribution in [0.25, 0.3) is 0 Å². The standard InChI is InChI=1S/C9H14ClN3/c1-11-4-5-12-7-9-3-2-8(10)6-13-9/h2-3,6,11-12H,4-5,7H2,1H3. The number of hydrogen-bond acceptors (Lipinski definition) is 3. The van der Waals surface area contributed by atoms with Gasteiger partial charge in [-0.15, -0.1) is 0 Å². The Morgan fingerprint density at radius 2 is 2.23 bits per heavy atom. The Balaban J connectivity index is 2.25. The summed E-state index contributed by atoms with van der Waals surface area (Å²) in [6.07, 6.45) is 1.66. The maximum atomic E-state index is 5.70. The zero-order chi connectivity index (χ0) is 9.52. The Morgan fingerprint density at radius 1 is 1.38 bits per heavy atom. The molecule has 72 valence electrons. The van der Waals surface area contributed by atoms with E-state index in [9.17, 15) is 0 Å². The number of nitrogens with one attached hydrogen (secondary N) is 2. The van der Waals surface area contributed by atoms with Crippen molar-refractivity contribution in [2.24, 2.45) is 0 Å². The minimum Gasteiger partial charge on any atom is -0.318 e. The van der Waals surface area contributed by atoms with E-state index in [2.05, 4.69) is 15.6 Å². The van der Waals surface area contributed by atoms with Gasteiger partial charge in [0.15, 0.2) is 0 Å². The molecule has 0 fully saturated rings. The van der Waals surface area contributed by atoms with Crippen molar-refractivity contribution in [3.8, 4) is 0 Å². The highest BCUT2D eigenvalue weighted by Crippen LogP contribution is 2.05. The fraction of sp³-hybridized carbons (Fsp3) is 0.444. The molecule has 0 saturated carbocycles. The van der Waals surface area contributed by atoms with Crippen LogP contribution in [-0.2, 0) is 6.54 Å². The molecule has 2 N–H and O–H groups in total. The highest BCUT2D eigenvalue weighted by molar-refractivity contribution is 6.30. The van der Waals surface area contributed by atoms with E-state index in [0.717, 1.165) is 25.3 Å². The third kappa shape index (κ3) is 4.22. The van der Waals surface area contributed by atoms with Gasteiger partial charge in [0, 0.05) is 25.8 Å². The van der Waals surface area contributed by atoms with Crippen molar-refractivity contribution in [2.75, 3.05) is 20.1 Å². The summed E-state index contributed by atoms with van der Waals surface area (Å²) in [7, 11) is 1.93. The second-order valence-corrected chi connectivity index (χ2v) is 3.18. The van der Waals surface area contributed by atoms with Crippen LogP contribution in [0.3, 0.4) is 0 Å². The molecule has 0 radical (unpaired) electrons. The zero-order valence-electron chi connectivity index (χ0n) is 7.68. The summed E-state index contributed by atoms with van der Waals surface area (Å²) in [4.78, 5) is 4.16. The number of aromatic nitrogens is 1. The van der Waals surface area contributed by atoms with Crippen molar-refractivity contribution >= 4 is 11.6 Å². The van der Waals surface area contributed by atoms with Gasteiger partial charge >= 0.3 is 0 Å². The lowest BCUT2D eigenvalue weighted by molar-refractivity contribution is 0.642. The van der Waals surface area contributed by atoms with Gasteiger partial charge in [-0.1, -0.05) is 11.6 Å². The molecule has 0 aliphatic rings. The van der Waals surface area contributed by atoms with Crippen LogP contribution in [0.1, 0.15) is 5.69 Å². The summed E-state index contributed by atoms with van der Waals surface area (Å²) in [5, 5.41) is 6.99. The summed E-state index contributed by atoms with van der Waals surface area (Å²) in [6.45, 7) is 2.70. The maximum Gasteiger partial charge on any atom is 0.0589 e. The van der Waals surface area contributed by atoms with Crippen LogP contribution >= 0.6 is 11.6 Å². The average molecular weight is 200 g/mol. The van der Waals surface area contributed by atoms with Gasteiger partial charge in [-0.05, 0) is 19.2 Å². The quantitative estimate of drug-likeness (QED) is 0.696. The molecule has 0 aliphatic carbocycles. The van der Waals surface area contributed by atoms with E-state index in [0.29, 0.717) is 5.02 Å². The molecule has 4 heteroatoms. The zero-order valence-corrected chi connectivity index (χ0v) is 8.43. The van der Waals surface area contributed by atoms with Crippen LogP contribution in [0.15, 0.2) is 18.3 Å². The lowest BCUT2D eigenvalue weighted by atomic mass is 10.3. The van der Waals surface area contributed by atoms with E-state index in [1.165, 1.54) is 0 Å². The predicted molar refractivity (Wildman–Crippen MR) is 54.9 cm³/mol. The molecule has 1 aromatic rings. The van der Waals surface area contributed by atoms with E-state index in [4.69, 9.17) is 11.6 Å². The van der Waals surface area contributed by atoms with Gasteiger partial charge in [-0.3, -0.25) is 4.98 Å². The molecular weight excluding hydrogens is 186 g/mol. The van der Waals surface area contributed by atoms with Crippen molar-refractivity contribution in [1.29, 1.82) is 0 Å². The minimum absolute atomic E-state index is 0.680. The SMILES string of the molecule is CNCCNCc1ccc(Cl)cn1. The number of pyridine rings is 1. The third-order valence-electron chi connectivity index (χ3n) is 1.65. The minimum atomic E-state index is 0.680. The van der Waals surface area contributed by atoms with Crippen LogP contribution in [0.2, 0.25) is 5.02 Å². The first-order chi connectivity index (χ1) is 6.33. The molecule has 0 unspecified atom stereocenters. The molecule has 0 saturated heterocycles. The lowest BCUT2D eigenvalue weighted by Crippen LogP contribution is -2.24. The van der Waals surface area contributed by atoms with Gasteiger partial charge in [0.2, 0.25) is 0 Å². The van der Waals surface area contributed by atoms with Gasteiger partial charge in [0.1, 0.15) is 0 Å². The van der Waals surface area contributed by atoms with Gasteiger partial charge in [0.25, 0.3) is 0 Å². The first kappa shape index (κ1) is 10.4. The van der Waals surface area contributed by atoms with Crippen molar-refractivity contribution in [1.82, 2.24) is 15.6 Å². The van der Waals surface area contributed by atoms with Gasteiger partial charge in [-0.25, -0.2) is 0 Å². The highest BCUT2D eigenvalue weighted by atomic mass is 35.5. The van der Waals surface area contributed by atoms with Crippen molar-refractivity contribution in [3.05, 3.63) is 29.0 Å². The molecule has 0 bridgehead atoms. The monoisotopic (exact) mass is 199 g/mol. The Kier molecular flexibility index (Phi) is 4.75. The summed E-state index contributed by atoms with van der Waals surface area (Å²) in [5.41, 5.74) is 1.01. The number of halogens is 1. The third-order valence-corrected chi connectivity index (χ3v) is 1.87. The van der Waals surface area contributed by atoms with Crippen LogP contribution in [0.5, 0.6) is 0 Å². The first-order valence-corrected chi connectivity index (χ1v) is 4.66. The van der Waals surface area contributed by atoms with Crippen molar-refractivity contribution in [2.45, 2.75) is 6.54 Å². The topological polar surface area (TPSA) is 37.0 Å². The van der Waals surface area contributed by atoms with E-state index in [-0.39, 0.29) is 0 Å². The number of rotatable bonds is 5.